The lowest BCUT2D eigenvalue weighted by Gasteiger charge is -2.13. The van der Waals surface area contributed by atoms with Gasteiger partial charge < -0.3 is 15.2 Å². The zero-order valence-electron chi connectivity index (χ0n) is 12.1. The predicted molar refractivity (Wildman–Crippen MR) is 78.3 cm³/mol. The fraction of sp³-hybridized carbons (Fsp3) is 0.571. The third-order valence-corrected chi connectivity index (χ3v) is 2.66. The highest BCUT2D eigenvalue weighted by Gasteiger charge is 2.21. The SMILES string of the molecule is CC(O)CCCNc1cccc(OC(C)C)c1[N+](=O)[O-]. The maximum Gasteiger partial charge on any atom is 0.333 e. The minimum absolute atomic E-state index is 0.0433. The molecule has 0 fully saturated rings. The number of hydrogen-bond acceptors (Lipinski definition) is 5. The highest BCUT2D eigenvalue weighted by Crippen LogP contribution is 2.35. The molecule has 0 aliphatic heterocycles. The van der Waals surface area contributed by atoms with Crippen molar-refractivity contribution in [1.29, 1.82) is 0 Å². The van der Waals surface area contributed by atoms with Crippen LogP contribution in [0.2, 0.25) is 0 Å². The topological polar surface area (TPSA) is 84.6 Å². The van der Waals surface area contributed by atoms with E-state index in [9.17, 15) is 15.2 Å². The van der Waals surface area contributed by atoms with E-state index in [1.54, 1.807) is 25.1 Å². The molecule has 0 aliphatic rings. The molecule has 1 unspecified atom stereocenters. The number of aliphatic hydroxyl groups is 1. The standard InChI is InChI=1S/C14H22N2O4/c1-10(2)20-13-8-4-7-12(14(13)16(18)19)15-9-5-6-11(3)17/h4,7-8,10-11,15,17H,5-6,9H2,1-3H3. The number of nitro groups is 1. The highest BCUT2D eigenvalue weighted by atomic mass is 16.6. The summed E-state index contributed by atoms with van der Waals surface area (Å²) in [4.78, 5) is 10.8. The highest BCUT2D eigenvalue weighted by molar-refractivity contribution is 5.68. The Balaban J connectivity index is 2.81. The first-order chi connectivity index (χ1) is 9.41. The maximum atomic E-state index is 11.2. The molecular formula is C14H22N2O4. The van der Waals surface area contributed by atoms with E-state index in [4.69, 9.17) is 4.74 Å². The van der Waals surface area contributed by atoms with Crippen LogP contribution in [0.5, 0.6) is 5.75 Å². The average Bonchev–Trinajstić information content (AvgIpc) is 2.33. The fourth-order valence-corrected chi connectivity index (χ4v) is 1.82. The van der Waals surface area contributed by atoms with E-state index in [0.29, 0.717) is 18.7 Å². The van der Waals surface area contributed by atoms with Gasteiger partial charge in [-0.3, -0.25) is 10.1 Å². The van der Waals surface area contributed by atoms with Gasteiger partial charge in [-0.15, -0.1) is 0 Å². The van der Waals surface area contributed by atoms with Crippen LogP contribution in [0.3, 0.4) is 0 Å². The molecule has 0 aromatic heterocycles. The van der Waals surface area contributed by atoms with Crippen LogP contribution in [-0.4, -0.2) is 28.8 Å². The van der Waals surface area contributed by atoms with Gasteiger partial charge in [0.05, 0.1) is 17.1 Å². The van der Waals surface area contributed by atoms with Crippen LogP contribution in [-0.2, 0) is 0 Å². The summed E-state index contributed by atoms with van der Waals surface area (Å²) in [5, 5.41) is 23.4. The van der Waals surface area contributed by atoms with Crippen molar-refractivity contribution < 1.29 is 14.8 Å². The number of benzene rings is 1. The molecule has 1 aromatic rings. The Labute approximate surface area is 118 Å². The molecule has 1 atom stereocenters. The Bertz CT molecular complexity index is 447. The number of nitrogens with zero attached hydrogens (tertiary/aromatic N) is 1. The van der Waals surface area contributed by atoms with E-state index in [1.807, 2.05) is 13.8 Å². The molecule has 2 N–H and O–H groups in total. The van der Waals surface area contributed by atoms with E-state index >= 15 is 0 Å². The molecule has 0 bridgehead atoms. The van der Waals surface area contributed by atoms with Crippen LogP contribution in [0.4, 0.5) is 11.4 Å². The maximum absolute atomic E-state index is 11.2. The Morgan fingerprint density at radius 1 is 1.40 bits per heavy atom. The molecule has 0 amide bonds. The number of ether oxygens (including phenoxy) is 1. The summed E-state index contributed by atoms with van der Waals surface area (Å²) in [6, 6.07) is 4.98. The molecule has 112 valence electrons. The van der Waals surface area contributed by atoms with Gasteiger partial charge >= 0.3 is 5.69 Å². The monoisotopic (exact) mass is 282 g/mol. The molecule has 0 radical (unpaired) electrons. The molecule has 1 aromatic carbocycles. The van der Waals surface area contributed by atoms with Gasteiger partial charge in [0.25, 0.3) is 0 Å². The third-order valence-electron chi connectivity index (χ3n) is 2.66. The van der Waals surface area contributed by atoms with Crippen LogP contribution in [0, 0.1) is 10.1 Å². The van der Waals surface area contributed by atoms with Gasteiger partial charge in [0.2, 0.25) is 0 Å². The summed E-state index contributed by atoms with van der Waals surface area (Å²) in [7, 11) is 0. The van der Waals surface area contributed by atoms with E-state index in [2.05, 4.69) is 5.32 Å². The van der Waals surface area contributed by atoms with Crippen molar-refractivity contribution in [3.63, 3.8) is 0 Å². The zero-order chi connectivity index (χ0) is 15.1. The molecule has 1 rings (SSSR count). The van der Waals surface area contributed by atoms with Gasteiger partial charge in [-0.2, -0.15) is 0 Å². The minimum atomic E-state index is -0.436. The second-order valence-corrected chi connectivity index (χ2v) is 4.99. The first kappa shape index (κ1) is 16.2. The van der Waals surface area contributed by atoms with Crippen molar-refractivity contribution in [2.45, 2.75) is 45.8 Å². The van der Waals surface area contributed by atoms with Crippen molar-refractivity contribution in [3.05, 3.63) is 28.3 Å². The Hall–Kier alpha value is -1.82. The van der Waals surface area contributed by atoms with Crippen LogP contribution in [0.25, 0.3) is 0 Å². The summed E-state index contributed by atoms with van der Waals surface area (Å²) in [6.45, 7) is 5.94. The van der Waals surface area contributed by atoms with E-state index in [0.717, 1.165) is 6.42 Å². The molecular weight excluding hydrogens is 260 g/mol. The van der Waals surface area contributed by atoms with Gasteiger partial charge in [-0.05, 0) is 45.7 Å². The first-order valence-electron chi connectivity index (χ1n) is 6.77. The van der Waals surface area contributed by atoms with Gasteiger partial charge in [0.15, 0.2) is 5.75 Å². The summed E-state index contributed by atoms with van der Waals surface area (Å²) in [5.74, 6) is 0.269. The van der Waals surface area contributed by atoms with Crippen molar-refractivity contribution in [3.8, 4) is 5.75 Å². The van der Waals surface area contributed by atoms with E-state index in [1.165, 1.54) is 0 Å². The van der Waals surface area contributed by atoms with Crippen LogP contribution in [0.15, 0.2) is 18.2 Å². The van der Waals surface area contributed by atoms with Crippen molar-refractivity contribution in [1.82, 2.24) is 0 Å². The molecule has 0 aliphatic carbocycles. The Morgan fingerprint density at radius 3 is 2.65 bits per heavy atom. The lowest BCUT2D eigenvalue weighted by molar-refractivity contribution is -0.385. The zero-order valence-corrected chi connectivity index (χ0v) is 12.1. The number of anilines is 1. The number of aliphatic hydroxyl groups excluding tert-OH is 1. The molecule has 0 saturated carbocycles. The summed E-state index contributed by atoms with van der Waals surface area (Å²) < 4.78 is 5.47. The van der Waals surface area contributed by atoms with Crippen LogP contribution < -0.4 is 10.1 Å². The quantitative estimate of drug-likeness (QED) is 0.435. The third kappa shape index (κ3) is 5.05. The summed E-state index contributed by atoms with van der Waals surface area (Å²) in [5.41, 5.74) is 0.400. The van der Waals surface area contributed by atoms with Crippen LogP contribution in [0.1, 0.15) is 33.6 Å². The number of nitrogens with one attached hydrogen (secondary N) is 1. The average molecular weight is 282 g/mol. The first-order valence-corrected chi connectivity index (χ1v) is 6.77. The number of nitro benzene ring substituents is 1. The number of rotatable bonds is 8. The fourth-order valence-electron chi connectivity index (χ4n) is 1.82. The van der Waals surface area contributed by atoms with Crippen molar-refractivity contribution in [2.75, 3.05) is 11.9 Å². The predicted octanol–water partition coefficient (Wildman–Crippen LogP) is 2.95. The molecule has 0 spiro atoms. The molecule has 0 heterocycles. The lowest BCUT2D eigenvalue weighted by atomic mass is 10.2. The largest absolute Gasteiger partial charge is 0.484 e. The number of hydrogen-bond donors (Lipinski definition) is 2. The van der Waals surface area contributed by atoms with Crippen molar-refractivity contribution >= 4 is 11.4 Å². The Kier molecular flexibility index (Phi) is 6.24. The van der Waals surface area contributed by atoms with Gasteiger partial charge in [0.1, 0.15) is 5.69 Å². The van der Waals surface area contributed by atoms with Gasteiger partial charge in [-0.25, -0.2) is 0 Å². The van der Waals surface area contributed by atoms with Crippen LogP contribution >= 0.6 is 0 Å². The van der Waals surface area contributed by atoms with Gasteiger partial charge in [0, 0.05) is 6.54 Å². The smallest absolute Gasteiger partial charge is 0.333 e. The minimum Gasteiger partial charge on any atom is -0.484 e. The summed E-state index contributed by atoms with van der Waals surface area (Å²) in [6.07, 6.45) is 0.911. The Morgan fingerprint density at radius 2 is 2.10 bits per heavy atom. The lowest BCUT2D eigenvalue weighted by Crippen LogP contribution is -2.11. The van der Waals surface area contributed by atoms with Crippen molar-refractivity contribution in [2.24, 2.45) is 0 Å². The normalized spacial score (nSPS) is 12.2. The van der Waals surface area contributed by atoms with E-state index < -0.39 is 4.92 Å². The van der Waals surface area contributed by atoms with E-state index in [-0.39, 0.29) is 23.6 Å². The molecule has 6 heteroatoms. The molecule has 0 saturated heterocycles. The second-order valence-electron chi connectivity index (χ2n) is 4.99. The number of para-hydroxylation sites is 1. The second kappa shape index (κ2) is 7.69. The molecule has 6 nitrogen and oxygen atoms in total. The summed E-state index contributed by atoms with van der Waals surface area (Å²) >= 11 is 0. The molecule has 20 heavy (non-hydrogen) atoms. The van der Waals surface area contributed by atoms with Gasteiger partial charge in [-0.1, -0.05) is 6.07 Å².